The molecular formula is C17H23NO3S. The lowest BCUT2D eigenvalue weighted by Crippen LogP contribution is -2.41. The van der Waals surface area contributed by atoms with E-state index in [2.05, 4.69) is 31.6 Å². The van der Waals surface area contributed by atoms with Gasteiger partial charge in [0, 0.05) is 5.97 Å². The van der Waals surface area contributed by atoms with E-state index in [4.69, 9.17) is 14.6 Å². The van der Waals surface area contributed by atoms with Crippen LogP contribution in [-0.4, -0.2) is 37.7 Å². The molecule has 0 aliphatic heterocycles. The van der Waals surface area contributed by atoms with Crippen molar-refractivity contribution in [1.29, 1.82) is 0 Å². The predicted octanol–water partition coefficient (Wildman–Crippen LogP) is 2.16. The standard InChI is InChI=1S/C15H20NOS.C2H4O2/c1-16(2,13-15-9-6-12-18-15)10-11-17-14-7-4-3-5-8-14;1-2(3)4/h3-9,12H,10-11,13H2,1-2H3;1H3,(H,3,4)/q+1;/p-1. The summed E-state index contributed by atoms with van der Waals surface area (Å²) >= 11 is 1.82. The lowest BCUT2D eigenvalue weighted by atomic mass is 10.3. The fourth-order valence-electron chi connectivity index (χ4n) is 1.83. The minimum Gasteiger partial charge on any atom is -0.550 e. The number of thiophene rings is 1. The zero-order valence-corrected chi connectivity index (χ0v) is 14.1. The highest BCUT2D eigenvalue weighted by Gasteiger charge is 2.16. The van der Waals surface area contributed by atoms with Crippen LogP contribution in [0.4, 0.5) is 0 Å². The molecule has 0 atom stereocenters. The van der Waals surface area contributed by atoms with Gasteiger partial charge in [-0.05, 0) is 30.5 Å². The first-order valence-corrected chi connectivity index (χ1v) is 7.97. The largest absolute Gasteiger partial charge is 0.550 e. The van der Waals surface area contributed by atoms with Gasteiger partial charge in [0.1, 0.15) is 25.4 Å². The molecule has 0 N–H and O–H groups in total. The van der Waals surface area contributed by atoms with Crippen LogP contribution in [0.3, 0.4) is 0 Å². The number of carbonyl (C=O) groups excluding carboxylic acids is 1. The lowest BCUT2D eigenvalue weighted by molar-refractivity contribution is -0.903. The predicted molar refractivity (Wildman–Crippen MR) is 87.6 cm³/mol. The molecule has 0 aliphatic rings. The van der Waals surface area contributed by atoms with E-state index in [9.17, 15) is 0 Å². The van der Waals surface area contributed by atoms with Crippen LogP contribution in [0.15, 0.2) is 47.8 Å². The molecular weight excluding hydrogens is 298 g/mol. The summed E-state index contributed by atoms with van der Waals surface area (Å²) < 4.78 is 6.70. The minimum atomic E-state index is -1.08. The van der Waals surface area contributed by atoms with Gasteiger partial charge < -0.3 is 19.1 Å². The highest BCUT2D eigenvalue weighted by molar-refractivity contribution is 7.09. The Morgan fingerprint density at radius 3 is 2.36 bits per heavy atom. The number of carboxylic acid groups (broad SMARTS) is 1. The summed E-state index contributed by atoms with van der Waals surface area (Å²) in [6.07, 6.45) is 0. The number of benzene rings is 1. The van der Waals surface area contributed by atoms with Gasteiger partial charge >= 0.3 is 0 Å². The summed E-state index contributed by atoms with van der Waals surface area (Å²) in [4.78, 5) is 10.3. The smallest absolute Gasteiger partial charge is 0.137 e. The normalized spacial score (nSPS) is 10.5. The van der Waals surface area contributed by atoms with Crippen molar-refractivity contribution in [2.24, 2.45) is 0 Å². The summed E-state index contributed by atoms with van der Waals surface area (Å²) in [5, 5.41) is 11.0. The molecule has 0 unspecified atom stereocenters. The maximum absolute atomic E-state index is 8.89. The molecule has 0 radical (unpaired) electrons. The third-order valence-electron chi connectivity index (χ3n) is 2.87. The molecule has 0 saturated heterocycles. The van der Waals surface area contributed by atoms with Crippen molar-refractivity contribution in [3.05, 3.63) is 52.7 Å². The molecule has 22 heavy (non-hydrogen) atoms. The Balaban J connectivity index is 0.000000541. The molecule has 0 amide bonds. The monoisotopic (exact) mass is 321 g/mol. The number of aliphatic carboxylic acids is 1. The molecule has 5 heteroatoms. The van der Waals surface area contributed by atoms with Crippen LogP contribution in [-0.2, 0) is 11.3 Å². The Labute approximate surface area is 136 Å². The average molecular weight is 321 g/mol. The fourth-order valence-corrected chi connectivity index (χ4v) is 2.74. The summed E-state index contributed by atoms with van der Waals surface area (Å²) in [5.41, 5.74) is 0. The number of carbonyl (C=O) groups is 1. The van der Waals surface area contributed by atoms with Crippen molar-refractivity contribution in [2.45, 2.75) is 13.5 Å². The van der Waals surface area contributed by atoms with Gasteiger partial charge in [-0.25, -0.2) is 0 Å². The number of hydrogen-bond donors (Lipinski definition) is 0. The van der Waals surface area contributed by atoms with Crippen molar-refractivity contribution in [1.82, 2.24) is 0 Å². The van der Waals surface area contributed by atoms with Crippen LogP contribution < -0.4 is 9.84 Å². The Morgan fingerprint density at radius 1 is 1.18 bits per heavy atom. The Bertz CT molecular complexity index is 534. The Morgan fingerprint density at radius 2 is 1.82 bits per heavy atom. The first-order valence-electron chi connectivity index (χ1n) is 7.09. The number of carboxylic acids is 1. The first-order chi connectivity index (χ1) is 10.4. The molecule has 4 nitrogen and oxygen atoms in total. The molecule has 1 aromatic heterocycles. The van der Waals surface area contributed by atoms with E-state index in [0.29, 0.717) is 0 Å². The highest BCUT2D eigenvalue weighted by Crippen LogP contribution is 2.15. The van der Waals surface area contributed by atoms with Crippen LogP contribution in [0.2, 0.25) is 0 Å². The number of nitrogens with zero attached hydrogens (tertiary/aromatic N) is 1. The second-order valence-corrected chi connectivity index (χ2v) is 6.58. The maximum Gasteiger partial charge on any atom is 0.137 e. The topological polar surface area (TPSA) is 49.4 Å². The Kier molecular flexibility index (Phi) is 7.63. The molecule has 2 rings (SSSR count). The van der Waals surface area contributed by atoms with Crippen LogP contribution in [0.5, 0.6) is 5.75 Å². The van der Waals surface area contributed by atoms with E-state index in [1.165, 1.54) is 4.88 Å². The number of hydrogen-bond acceptors (Lipinski definition) is 4. The van der Waals surface area contributed by atoms with Crippen molar-refractivity contribution in [3.8, 4) is 5.75 Å². The number of ether oxygens (including phenoxy) is 1. The maximum atomic E-state index is 8.89. The summed E-state index contributed by atoms with van der Waals surface area (Å²) in [5.74, 6) is -0.131. The molecule has 120 valence electrons. The SMILES string of the molecule is CC(=O)[O-].C[N+](C)(CCOc1ccccc1)Cc1cccs1. The summed E-state index contributed by atoms with van der Waals surface area (Å²) in [6.45, 7) is 3.80. The van der Waals surface area contributed by atoms with E-state index in [-0.39, 0.29) is 0 Å². The van der Waals surface area contributed by atoms with E-state index < -0.39 is 5.97 Å². The van der Waals surface area contributed by atoms with Gasteiger partial charge in [-0.3, -0.25) is 0 Å². The second-order valence-electron chi connectivity index (χ2n) is 5.55. The summed E-state index contributed by atoms with van der Waals surface area (Å²) in [6, 6.07) is 14.3. The first kappa shape index (κ1) is 18.2. The van der Waals surface area contributed by atoms with E-state index in [1.807, 2.05) is 41.7 Å². The minimum absolute atomic E-state index is 0.752. The van der Waals surface area contributed by atoms with Gasteiger partial charge in [0.2, 0.25) is 0 Å². The number of rotatable bonds is 6. The van der Waals surface area contributed by atoms with E-state index in [0.717, 1.165) is 36.9 Å². The molecule has 1 heterocycles. The fraction of sp³-hybridized carbons (Fsp3) is 0.353. The molecule has 0 saturated carbocycles. The Hall–Kier alpha value is -1.85. The van der Waals surface area contributed by atoms with Crippen molar-refractivity contribution < 1.29 is 19.1 Å². The van der Waals surface area contributed by atoms with Gasteiger partial charge in [0.25, 0.3) is 0 Å². The van der Waals surface area contributed by atoms with Crippen LogP contribution in [0.1, 0.15) is 11.8 Å². The number of quaternary nitrogens is 1. The molecule has 0 spiro atoms. The quantitative estimate of drug-likeness (QED) is 0.766. The third-order valence-corrected chi connectivity index (χ3v) is 3.73. The molecule has 0 fully saturated rings. The molecule has 0 bridgehead atoms. The second kappa shape index (κ2) is 9.23. The average Bonchev–Trinajstić information content (AvgIpc) is 2.91. The van der Waals surface area contributed by atoms with E-state index in [1.54, 1.807) is 0 Å². The van der Waals surface area contributed by atoms with Gasteiger partial charge in [0.15, 0.2) is 0 Å². The van der Waals surface area contributed by atoms with Crippen LogP contribution in [0.25, 0.3) is 0 Å². The van der Waals surface area contributed by atoms with Crippen molar-refractivity contribution in [3.63, 3.8) is 0 Å². The van der Waals surface area contributed by atoms with Crippen molar-refractivity contribution >= 4 is 17.3 Å². The summed E-state index contributed by atoms with van der Waals surface area (Å²) in [7, 11) is 4.49. The molecule has 1 aromatic carbocycles. The van der Waals surface area contributed by atoms with Crippen LogP contribution >= 0.6 is 11.3 Å². The number of para-hydroxylation sites is 1. The zero-order chi connectivity index (χ0) is 16.4. The van der Waals surface area contributed by atoms with Crippen LogP contribution in [0, 0.1) is 0 Å². The van der Waals surface area contributed by atoms with Gasteiger partial charge in [-0.15, -0.1) is 11.3 Å². The van der Waals surface area contributed by atoms with Gasteiger partial charge in [-0.2, -0.15) is 0 Å². The zero-order valence-electron chi connectivity index (χ0n) is 13.3. The number of likely N-dealkylation sites (N-methyl/N-ethyl adjacent to an activating group) is 1. The highest BCUT2D eigenvalue weighted by atomic mass is 32.1. The van der Waals surface area contributed by atoms with E-state index >= 15 is 0 Å². The molecule has 2 aromatic rings. The molecule has 0 aliphatic carbocycles. The van der Waals surface area contributed by atoms with Gasteiger partial charge in [-0.1, -0.05) is 24.3 Å². The van der Waals surface area contributed by atoms with Crippen molar-refractivity contribution in [2.75, 3.05) is 27.2 Å². The lowest BCUT2D eigenvalue weighted by Gasteiger charge is -2.29. The van der Waals surface area contributed by atoms with Gasteiger partial charge in [0.05, 0.1) is 19.0 Å². The third kappa shape index (κ3) is 8.44.